The first-order chi connectivity index (χ1) is 12.7. The summed E-state index contributed by atoms with van der Waals surface area (Å²) in [5, 5.41) is 11.8. The highest BCUT2D eigenvalue weighted by molar-refractivity contribution is 5.83. The molecule has 0 amide bonds. The van der Waals surface area contributed by atoms with Gasteiger partial charge >= 0.3 is 0 Å². The fourth-order valence-electron chi connectivity index (χ4n) is 2.93. The summed E-state index contributed by atoms with van der Waals surface area (Å²) in [6.45, 7) is 4.45. The van der Waals surface area contributed by atoms with Gasteiger partial charge in [0.1, 0.15) is 5.82 Å². The Bertz CT molecular complexity index is 879. The Hall–Kier alpha value is -2.83. The van der Waals surface area contributed by atoms with Crippen molar-refractivity contribution >= 4 is 16.9 Å². The molecule has 0 saturated heterocycles. The average molecular weight is 356 g/mol. The molecule has 0 spiro atoms. The van der Waals surface area contributed by atoms with Gasteiger partial charge in [0.25, 0.3) is 0 Å². The second kappa shape index (κ2) is 8.51. The maximum atomic E-state index is 13.4. The number of benzene rings is 1. The van der Waals surface area contributed by atoms with Crippen molar-refractivity contribution in [2.45, 2.75) is 26.3 Å². The molecule has 2 heterocycles. The first-order valence-electron chi connectivity index (χ1n) is 8.85. The van der Waals surface area contributed by atoms with Gasteiger partial charge in [-0.25, -0.2) is 4.39 Å². The van der Waals surface area contributed by atoms with Crippen LogP contribution in [-0.2, 0) is 13.0 Å². The molecule has 7 heteroatoms. The van der Waals surface area contributed by atoms with Gasteiger partial charge in [0, 0.05) is 50.0 Å². The molecule has 0 atom stereocenters. The van der Waals surface area contributed by atoms with Crippen LogP contribution >= 0.6 is 0 Å². The fourth-order valence-corrected chi connectivity index (χ4v) is 2.93. The average Bonchev–Trinajstić information content (AvgIpc) is 3.23. The molecule has 3 N–H and O–H groups in total. The van der Waals surface area contributed by atoms with Crippen LogP contribution in [0.4, 0.5) is 4.39 Å². The predicted octanol–water partition coefficient (Wildman–Crippen LogP) is 2.61. The second-order valence-electron chi connectivity index (χ2n) is 6.31. The number of rotatable bonds is 7. The molecule has 6 nitrogen and oxygen atoms in total. The molecule has 3 aromatic rings. The van der Waals surface area contributed by atoms with Crippen LogP contribution in [0.3, 0.4) is 0 Å². The lowest BCUT2D eigenvalue weighted by Gasteiger charge is -2.11. The van der Waals surface area contributed by atoms with Crippen LogP contribution in [0.1, 0.15) is 17.5 Å². The molecule has 138 valence electrons. The summed E-state index contributed by atoms with van der Waals surface area (Å²) in [5.41, 5.74) is 3.22. The van der Waals surface area contributed by atoms with Gasteiger partial charge in [-0.2, -0.15) is 5.10 Å². The summed E-state index contributed by atoms with van der Waals surface area (Å²) in [5.74, 6) is 0.559. The number of H-pyrrole nitrogens is 1. The van der Waals surface area contributed by atoms with E-state index < -0.39 is 0 Å². The van der Waals surface area contributed by atoms with Crippen molar-refractivity contribution in [3.63, 3.8) is 0 Å². The normalized spacial score (nSPS) is 11.9. The Morgan fingerprint density at radius 1 is 1.31 bits per heavy atom. The smallest absolute Gasteiger partial charge is 0.190 e. The van der Waals surface area contributed by atoms with Gasteiger partial charge in [-0.15, -0.1) is 0 Å². The van der Waals surface area contributed by atoms with Crippen LogP contribution < -0.4 is 10.6 Å². The van der Waals surface area contributed by atoms with Crippen LogP contribution in [-0.4, -0.2) is 40.9 Å². The first kappa shape index (κ1) is 18.0. The lowest BCUT2D eigenvalue weighted by Crippen LogP contribution is -2.39. The van der Waals surface area contributed by atoms with Gasteiger partial charge in [0.05, 0.1) is 6.20 Å². The Morgan fingerprint density at radius 2 is 2.15 bits per heavy atom. The monoisotopic (exact) mass is 356 g/mol. The molecule has 0 aliphatic carbocycles. The van der Waals surface area contributed by atoms with Crippen molar-refractivity contribution in [2.24, 2.45) is 4.99 Å². The zero-order chi connectivity index (χ0) is 18.4. The zero-order valence-electron chi connectivity index (χ0n) is 15.2. The van der Waals surface area contributed by atoms with Crippen molar-refractivity contribution < 1.29 is 4.39 Å². The Kier molecular flexibility index (Phi) is 5.88. The summed E-state index contributed by atoms with van der Waals surface area (Å²) in [4.78, 5) is 7.41. The number of halogens is 1. The van der Waals surface area contributed by atoms with E-state index in [1.54, 1.807) is 19.2 Å². The number of nitrogens with zero attached hydrogens (tertiary/aromatic N) is 3. The van der Waals surface area contributed by atoms with E-state index in [1.165, 1.54) is 11.6 Å². The standard InChI is InChI=1S/C19H25FN6/c1-14-11-25-26(13-14)9-3-7-22-19(21-2)23-8-6-15-12-24-18-5-4-16(20)10-17(15)18/h4-5,10-13,24H,3,6-9H2,1-2H3,(H2,21,22,23). The van der Waals surface area contributed by atoms with Gasteiger partial charge in [-0.1, -0.05) is 0 Å². The highest BCUT2D eigenvalue weighted by Gasteiger charge is 2.05. The molecule has 0 radical (unpaired) electrons. The summed E-state index contributed by atoms with van der Waals surface area (Å²) >= 11 is 0. The van der Waals surface area contributed by atoms with Crippen LogP contribution in [0.5, 0.6) is 0 Å². The maximum Gasteiger partial charge on any atom is 0.190 e. The molecular formula is C19H25FN6. The number of aryl methyl sites for hydroxylation is 2. The number of aromatic amines is 1. The molecule has 0 aliphatic rings. The van der Waals surface area contributed by atoms with Crippen molar-refractivity contribution in [1.29, 1.82) is 0 Å². The van der Waals surface area contributed by atoms with E-state index in [0.29, 0.717) is 0 Å². The van der Waals surface area contributed by atoms with E-state index in [4.69, 9.17) is 0 Å². The second-order valence-corrected chi connectivity index (χ2v) is 6.31. The number of aromatic nitrogens is 3. The van der Waals surface area contributed by atoms with Gasteiger partial charge in [0.15, 0.2) is 5.96 Å². The van der Waals surface area contributed by atoms with Crippen molar-refractivity contribution in [3.05, 3.63) is 53.7 Å². The third kappa shape index (κ3) is 4.62. The minimum atomic E-state index is -0.212. The van der Waals surface area contributed by atoms with Gasteiger partial charge < -0.3 is 15.6 Å². The molecule has 0 saturated carbocycles. The van der Waals surface area contributed by atoms with E-state index in [0.717, 1.165) is 54.9 Å². The Labute approximate surface area is 152 Å². The van der Waals surface area contributed by atoms with Crippen molar-refractivity contribution in [1.82, 2.24) is 25.4 Å². The highest BCUT2D eigenvalue weighted by atomic mass is 19.1. The maximum absolute atomic E-state index is 13.4. The minimum Gasteiger partial charge on any atom is -0.361 e. The summed E-state index contributed by atoms with van der Waals surface area (Å²) in [6.07, 6.45) is 7.59. The molecule has 0 unspecified atom stereocenters. The molecule has 0 bridgehead atoms. The number of fused-ring (bicyclic) bond motifs is 1. The van der Waals surface area contributed by atoms with E-state index in [9.17, 15) is 4.39 Å². The van der Waals surface area contributed by atoms with E-state index >= 15 is 0 Å². The number of hydrogen-bond donors (Lipinski definition) is 3. The third-order valence-electron chi connectivity index (χ3n) is 4.26. The fraction of sp³-hybridized carbons (Fsp3) is 0.368. The topological polar surface area (TPSA) is 70.0 Å². The lowest BCUT2D eigenvalue weighted by atomic mass is 10.1. The first-order valence-corrected chi connectivity index (χ1v) is 8.85. The Morgan fingerprint density at radius 3 is 2.92 bits per heavy atom. The van der Waals surface area contributed by atoms with Crippen LogP contribution in [0, 0.1) is 12.7 Å². The molecule has 26 heavy (non-hydrogen) atoms. The number of hydrogen-bond acceptors (Lipinski definition) is 2. The number of aliphatic imine (C=N–C) groups is 1. The molecule has 0 fully saturated rings. The molecule has 1 aromatic carbocycles. The largest absolute Gasteiger partial charge is 0.361 e. The van der Waals surface area contributed by atoms with Crippen LogP contribution in [0.25, 0.3) is 10.9 Å². The predicted molar refractivity (Wildman–Crippen MR) is 103 cm³/mol. The SMILES string of the molecule is CN=C(NCCCn1cc(C)cn1)NCCc1c[nH]c2ccc(F)cc12. The minimum absolute atomic E-state index is 0.212. The quantitative estimate of drug-likeness (QED) is 0.346. The summed E-state index contributed by atoms with van der Waals surface area (Å²) < 4.78 is 15.4. The van der Waals surface area contributed by atoms with Crippen LogP contribution in [0.2, 0.25) is 0 Å². The molecule has 3 rings (SSSR count). The van der Waals surface area contributed by atoms with E-state index in [2.05, 4.69) is 25.7 Å². The van der Waals surface area contributed by atoms with Gasteiger partial charge in [0.2, 0.25) is 0 Å². The lowest BCUT2D eigenvalue weighted by molar-refractivity contribution is 0.570. The van der Waals surface area contributed by atoms with Gasteiger partial charge in [-0.05, 0) is 49.1 Å². The van der Waals surface area contributed by atoms with E-state index in [1.807, 2.05) is 30.2 Å². The zero-order valence-corrected chi connectivity index (χ0v) is 15.2. The van der Waals surface area contributed by atoms with Crippen molar-refractivity contribution in [3.8, 4) is 0 Å². The summed E-state index contributed by atoms with van der Waals surface area (Å²) in [6, 6.07) is 4.81. The molecular weight excluding hydrogens is 331 g/mol. The number of guanidine groups is 1. The highest BCUT2D eigenvalue weighted by Crippen LogP contribution is 2.19. The molecule has 0 aliphatic heterocycles. The Balaban J connectivity index is 1.41. The number of nitrogens with one attached hydrogen (secondary N) is 3. The van der Waals surface area contributed by atoms with Gasteiger partial charge in [-0.3, -0.25) is 9.67 Å². The third-order valence-corrected chi connectivity index (χ3v) is 4.26. The summed E-state index contributed by atoms with van der Waals surface area (Å²) in [7, 11) is 1.76. The van der Waals surface area contributed by atoms with E-state index in [-0.39, 0.29) is 5.82 Å². The van der Waals surface area contributed by atoms with Crippen molar-refractivity contribution in [2.75, 3.05) is 20.1 Å². The molecule has 2 aromatic heterocycles. The van der Waals surface area contributed by atoms with Crippen LogP contribution in [0.15, 0.2) is 41.8 Å².